The molecule has 0 radical (unpaired) electrons. The van der Waals surface area contributed by atoms with Crippen LogP contribution in [0.4, 0.5) is 5.82 Å². The van der Waals surface area contributed by atoms with Crippen molar-refractivity contribution in [3.63, 3.8) is 0 Å². The standard InChI is InChI=1S/C22H27N5O2/c1-14-15-4-10-26-21(25-8-2-6-22(23,29)7-3-11-28)17(15)12-16-18-13-24-9-5-19(18)27-20(14)16/h4-5,9-10,12-13,27-29H,2-3,6-8,11,23H2,1H3,(H,25,26). The van der Waals surface area contributed by atoms with Crippen LogP contribution in [0, 0.1) is 6.92 Å². The Hall–Kier alpha value is -2.74. The lowest BCUT2D eigenvalue weighted by Gasteiger charge is -2.22. The second kappa shape index (κ2) is 7.94. The van der Waals surface area contributed by atoms with Crippen LogP contribution in [0.1, 0.15) is 31.2 Å². The van der Waals surface area contributed by atoms with Gasteiger partial charge in [0.15, 0.2) is 0 Å². The van der Waals surface area contributed by atoms with Gasteiger partial charge in [0.05, 0.1) is 5.52 Å². The van der Waals surface area contributed by atoms with Gasteiger partial charge in [-0.25, -0.2) is 4.98 Å². The molecule has 7 nitrogen and oxygen atoms in total. The van der Waals surface area contributed by atoms with Crippen LogP contribution in [0.3, 0.4) is 0 Å². The molecule has 7 heteroatoms. The van der Waals surface area contributed by atoms with Gasteiger partial charge in [-0.1, -0.05) is 0 Å². The van der Waals surface area contributed by atoms with E-state index in [2.05, 4.69) is 33.3 Å². The molecule has 3 heterocycles. The minimum Gasteiger partial charge on any atom is -0.396 e. The molecule has 4 rings (SSSR count). The molecule has 0 aliphatic carbocycles. The number of anilines is 1. The molecule has 0 aliphatic rings. The van der Waals surface area contributed by atoms with Crippen molar-refractivity contribution in [1.29, 1.82) is 0 Å². The van der Waals surface area contributed by atoms with Crippen molar-refractivity contribution >= 4 is 38.4 Å². The molecule has 152 valence electrons. The first kappa shape index (κ1) is 19.6. The van der Waals surface area contributed by atoms with Gasteiger partial charge in [0, 0.05) is 53.4 Å². The summed E-state index contributed by atoms with van der Waals surface area (Å²) in [5.74, 6) is 0.821. The average Bonchev–Trinajstić information content (AvgIpc) is 3.09. The molecule has 4 aromatic rings. The van der Waals surface area contributed by atoms with Crippen LogP contribution in [0.25, 0.3) is 32.6 Å². The minimum absolute atomic E-state index is 0.0366. The number of benzene rings is 1. The third-order valence-corrected chi connectivity index (χ3v) is 5.54. The highest BCUT2D eigenvalue weighted by Crippen LogP contribution is 2.34. The van der Waals surface area contributed by atoms with Crippen LogP contribution >= 0.6 is 0 Å². The highest BCUT2D eigenvalue weighted by molar-refractivity contribution is 6.15. The minimum atomic E-state index is -1.24. The van der Waals surface area contributed by atoms with E-state index in [4.69, 9.17) is 10.8 Å². The fourth-order valence-corrected chi connectivity index (χ4v) is 3.98. The smallest absolute Gasteiger partial charge is 0.133 e. The summed E-state index contributed by atoms with van der Waals surface area (Å²) in [6.07, 6.45) is 7.55. The summed E-state index contributed by atoms with van der Waals surface area (Å²) in [5, 5.41) is 26.9. The lowest BCUT2D eigenvalue weighted by Crippen LogP contribution is -2.40. The summed E-state index contributed by atoms with van der Waals surface area (Å²) < 4.78 is 0. The number of aromatic nitrogens is 3. The quantitative estimate of drug-likeness (QED) is 0.232. The Labute approximate surface area is 169 Å². The lowest BCUT2D eigenvalue weighted by atomic mass is 10.0. The molecule has 6 N–H and O–H groups in total. The van der Waals surface area contributed by atoms with E-state index in [9.17, 15) is 5.11 Å². The zero-order chi connectivity index (χ0) is 20.4. The molecule has 0 spiro atoms. The number of aromatic amines is 1. The fraction of sp³-hybridized carbons (Fsp3) is 0.364. The van der Waals surface area contributed by atoms with Gasteiger partial charge in [0.25, 0.3) is 0 Å². The largest absolute Gasteiger partial charge is 0.396 e. The van der Waals surface area contributed by atoms with Crippen LogP contribution < -0.4 is 11.1 Å². The topological polar surface area (TPSA) is 120 Å². The van der Waals surface area contributed by atoms with Gasteiger partial charge in [-0.05, 0) is 61.8 Å². The Morgan fingerprint density at radius 3 is 2.76 bits per heavy atom. The van der Waals surface area contributed by atoms with Crippen LogP contribution in [0.2, 0.25) is 0 Å². The number of H-pyrrole nitrogens is 1. The number of aliphatic hydroxyl groups is 2. The highest BCUT2D eigenvalue weighted by Gasteiger charge is 2.19. The summed E-state index contributed by atoms with van der Waals surface area (Å²) >= 11 is 0. The van der Waals surface area contributed by atoms with Gasteiger partial charge >= 0.3 is 0 Å². The number of aryl methyl sites for hydroxylation is 1. The van der Waals surface area contributed by atoms with Crippen LogP contribution in [-0.2, 0) is 0 Å². The van der Waals surface area contributed by atoms with Crippen molar-refractivity contribution in [3.05, 3.63) is 42.4 Å². The number of aliphatic hydroxyl groups excluding tert-OH is 1. The van der Waals surface area contributed by atoms with Gasteiger partial charge in [-0.3, -0.25) is 4.98 Å². The molecule has 0 aliphatic heterocycles. The fourth-order valence-electron chi connectivity index (χ4n) is 3.98. The summed E-state index contributed by atoms with van der Waals surface area (Å²) in [7, 11) is 0. The van der Waals surface area contributed by atoms with E-state index in [-0.39, 0.29) is 6.61 Å². The molecule has 0 bridgehead atoms. The Kier molecular flexibility index (Phi) is 5.36. The third kappa shape index (κ3) is 3.89. The van der Waals surface area contributed by atoms with E-state index in [1.54, 1.807) is 6.20 Å². The van der Waals surface area contributed by atoms with Crippen molar-refractivity contribution < 1.29 is 10.2 Å². The molecule has 3 aromatic heterocycles. The number of pyridine rings is 2. The van der Waals surface area contributed by atoms with E-state index in [1.165, 1.54) is 5.56 Å². The predicted molar refractivity (Wildman–Crippen MR) is 117 cm³/mol. The van der Waals surface area contributed by atoms with E-state index >= 15 is 0 Å². The Bertz CT molecular complexity index is 1150. The van der Waals surface area contributed by atoms with E-state index in [0.717, 1.165) is 38.4 Å². The van der Waals surface area contributed by atoms with E-state index in [1.807, 2.05) is 24.5 Å². The van der Waals surface area contributed by atoms with Crippen molar-refractivity contribution in [3.8, 4) is 0 Å². The maximum atomic E-state index is 10.2. The average molecular weight is 393 g/mol. The monoisotopic (exact) mass is 393 g/mol. The second-order valence-electron chi connectivity index (χ2n) is 7.69. The first-order chi connectivity index (χ1) is 14.0. The number of rotatable bonds is 8. The van der Waals surface area contributed by atoms with Crippen molar-refractivity contribution in [2.24, 2.45) is 5.73 Å². The van der Waals surface area contributed by atoms with Gasteiger partial charge in [0.2, 0.25) is 0 Å². The predicted octanol–water partition coefficient (Wildman–Crippen LogP) is 3.18. The van der Waals surface area contributed by atoms with Crippen molar-refractivity contribution in [2.45, 2.75) is 38.3 Å². The maximum absolute atomic E-state index is 10.2. The number of nitrogens with zero attached hydrogens (tertiary/aromatic N) is 2. The third-order valence-electron chi connectivity index (χ3n) is 5.54. The molecule has 0 saturated carbocycles. The maximum Gasteiger partial charge on any atom is 0.133 e. The highest BCUT2D eigenvalue weighted by atomic mass is 16.3. The Morgan fingerprint density at radius 2 is 1.93 bits per heavy atom. The SMILES string of the molecule is Cc1c2ccnc(NCCCC(N)(O)CCCO)c2cc2c1[nH]c1ccncc12. The van der Waals surface area contributed by atoms with E-state index in [0.29, 0.717) is 32.2 Å². The zero-order valence-corrected chi connectivity index (χ0v) is 16.6. The number of hydrogen-bond donors (Lipinski definition) is 5. The van der Waals surface area contributed by atoms with Gasteiger partial charge in [0.1, 0.15) is 11.5 Å². The van der Waals surface area contributed by atoms with Crippen molar-refractivity contribution in [1.82, 2.24) is 15.0 Å². The van der Waals surface area contributed by atoms with E-state index < -0.39 is 5.72 Å². The molecule has 1 atom stereocenters. The normalized spacial score (nSPS) is 13.9. The summed E-state index contributed by atoms with van der Waals surface area (Å²) in [5.41, 5.74) is 8.02. The molecule has 29 heavy (non-hydrogen) atoms. The second-order valence-corrected chi connectivity index (χ2v) is 7.69. The first-order valence-corrected chi connectivity index (χ1v) is 10.00. The molecular weight excluding hydrogens is 366 g/mol. The molecule has 1 unspecified atom stereocenters. The number of nitrogens with one attached hydrogen (secondary N) is 2. The van der Waals surface area contributed by atoms with Gasteiger partial charge in [-0.2, -0.15) is 0 Å². The zero-order valence-electron chi connectivity index (χ0n) is 16.6. The lowest BCUT2D eigenvalue weighted by molar-refractivity contribution is 0.0219. The van der Waals surface area contributed by atoms with Crippen LogP contribution in [0.15, 0.2) is 36.8 Å². The summed E-state index contributed by atoms with van der Waals surface area (Å²) in [4.78, 5) is 12.3. The molecule has 0 saturated heterocycles. The van der Waals surface area contributed by atoms with Crippen LogP contribution in [-0.4, -0.2) is 44.0 Å². The molecular formula is C22H27N5O2. The molecule has 0 fully saturated rings. The number of fused-ring (bicyclic) bond motifs is 4. The van der Waals surface area contributed by atoms with Gasteiger partial charge in [-0.15, -0.1) is 0 Å². The Morgan fingerprint density at radius 1 is 1.10 bits per heavy atom. The summed E-state index contributed by atoms with van der Waals surface area (Å²) in [6.45, 7) is 2.80. The van der Waals surface area contributed by atoms with Crippen molar-refractivity contribution in [2.75, 3.05) is 18.5 Å². The molecule has 1 aromatic carbocycles. The van der Waals surface area contributed by atoms with Gasteiger partial charge < -0.3 is 26.2 Å². The van der Waals surface area contributed by atoms with Crippen LogP contribution in [0.5, 0.6) is 0 Å². The Balaban J connectivity index is 1.60. The number of hydrogen-bond acceptors (Lipinski definition) is 6. The number of nitrogens with two attached hydrogens (primary N) is 1. The summed E-state index contributed by atoms with van der Waals surface area (Å²) in [6, 6.07) is 6.18. The molecule has 0 amide bonds. The first-order valence-electron chi connectivity index (χ1n) is 10.00.